The molecule has 1 aromatic heterocycles. The van der Waals surface area contributed by atoms with Gasteiger partial charge in [0.1, 0.15) is 5.58 Å². The molecule has 0 bridgehead atoms. The highest BCUT2D eigenvalue weighted by molar-refractivity contribution is 6.31. The van der Waals surface area contributed by atoms with Gasteiger partial charge in [0.25, 0.3) is 5.91 Å². The van der Waals surface area contributed by atoms with Crippen molar-refractivity contribution in [2.75, 3.05) is 39.3 Å². The standard InChI is InChI=1S/C18H22ClN3O3/c1-3-20(4-2)18(24)22-9-7-21(8-10-22)17(23)16-12-13-11-14(19)5-6-15(13)25-16/h5-6,11-12H,3-4,7-10H2,1-2H3. The van der Waals surface area contributed by atoms with Crippen molar-refractivity contribution in [3.8, 4) is 0 Å². The molecule has 0 radical (unpaired) electrons. The van der Waals surface area contributed by atoms with Crippen molar-refractivity contribution in [2.45, 2.75) is 13.8 Å². The quantitative estimate of drug-likeness (QED) is 0.840. The smallest absolute Gasteiger partial charge is 0.320 e. The average molecular weight is 364 g/mol. The third-order valence-corrected chi connectivity index (χ3v) is 4.80. The van der Waals surface area contributed by atoms with E-state index in [-0.39, 0.29) is 11.9 Å². The summed E-state index contributed by atoms with van der Waals surface area (Å²) >= 11 is 5.97. The summed E-state index contributed by atoms with van der Waals surface area (Å²) < 4.78 is 5.65. The average Bonchev–Trinajstić information content (AvgIpc) is 3.05. The van der Waals surface area contributed by atoms with Crippen LogP contribution in [0.15, 0.2) is 28.7 Å². The topological polar surface area (TPSA) is 57.0 Å². The number of rotatable bonds is 3. The third-order valence-electron chi connectivity index (χ3n) is 4.56. The molecular weight excluding hydrogens is 342 g/mol. The van der Waals surface area contributed by atoms with Crippen LogP contribution in [0.3, 0.4) is 0 Å². The molecule has 0 aliphatic carbocycles. The van der Waals surface area contributed by atoms with Gasteiger partial charge in [0.15, 0.2) is 5.76 Å². The molecule has 1 aromatic carbocycles. The molecule has 3 rings (SSSR count). The zero-order valence-corrected chi connectivity index (χ0v) is 15.3. The maximum Gasteiger partial charge on any atom is 0.320 e. The summed E-state index contributed by atoms with van der Waals surface area (Å²) in [6, 6.07) is 7.03. The Morgan fingerprint density at radius 3 is 2.36 bits per heavy atom. The van der Waals surface area contributed by atoms with E-state index in [2.05, 4.69) is 0 Å². The molecule has 0 spiro atoms. The molecule has 6 nitrogen and oxygen atoms in total. The summed E-state index contributed by atoms with van der Waals surface area (Å²) in [5.74, 6) is 0.156. The van der Waals surface area contributed by atoms with Gasteiger partial charge < -0.3 is 19.1 Å². The minimum Gasteiger partial charge on any atom is -0.451 e. The van der Waals surface area contributed by atoms with Gasteiger partial charge in [-0.2, -0.15) is 0 Å². The summed E-state index contributed by atoms with van der Waals surface area (Å²) in [6.07, 6.45) is 0. The number of hydrogen-bond acceptors (Lipinski definition) is 3. The van der Waals surface area contributed by atoms with Crippen molar-refractivity contribution >= 4 is 34.5 Å². The van der Waals surface area contributed by atoms with E-state index in [1.807, 2.05) is 13.8 Å². The Morgan fingerprint density at radius 2 is 1.72 bits per heavy atom. The first-order valence-electron chi connectivity index (χ1n) is 8.55. The van der Waals surface area contributed by atoms with Gasteiger partial charge in [0.05, 0.1) is 0 Å². The lowest BCUT2D eigenvalue weighted by Gasteiger charge is -2.36. The predicted octanol–water partition coefficient (Wildman–Crippen LogP) is 3.31. The maximum absolute atomic E-state index is 12.7. The third kappa shape index (κ3) is 3.58. The first kappa shape index (κ1) is 17.6. The number of fused-ring (bicyclic) bond motifs is 1. The molecule has 3 amide bonds. The Labute approximate surface area is 151 Å². The van der Waals surface area contributed by atoms with Crippen LogP contribution in [0.5, 0.6) is 0 Å². The number of furan rings is 1. The molecule has 1 aliphatic heterocycles. The van der Waals surface area contributed by atoms with Crippen LogP contribution in [0.25, 0.3) is 11.0 Å². The molecule has 2 heterocycles. The van der Waals surface area contributed by atoms with Crippen molar-refractivity contribution in [2.24, 2.45) is 0 Å². The van der Waals surface area contributed by atoms with E-state index in [0.29, 0.717) is 55.6 Å². The second-order valence-corrected chi connectivity index (χ2v) is 6.46. The second kappa shape index (κ2) is 7.35. The van der Waals surface area contributed by atoms with Crippen molar-refractivity contribution in [1.29, 1.82) is 0 Å². The van der Waals surface area contributed by atoms with Gasteiger partial charge in [-0.3, -0.25) is 4.79 Å². The fourth-order valence-corrected chi connectivity index (χ4v) is 3.25. The van der Waals surface area contributed by atoms with Crippen LogP contribution in [-0.4, -0.2) is 65.9 Å². The van der Waals surface area contributed by atoms with Gasteiger partial charge in [-0.05, 0) is 38.1 Å². The normalized spacial score (nSPS) is 14.8. The molecule has 7 heteroatoms. The SMILES string of the molecule is CCN(CC)C(=O)N1CCN(C(=O)c2cc3cc(Cl)ccc3o2)CC1. The lowest BCUT2D eigenvalue weighted by molar-refractivity contribution is 0.0614. The Kier molecular flexibility index (Phi) is 5.18. The Bertz CT molecular complexity index is 777. The van der Waals surface area contributed by atoms with Crippen molar-refractivity contribution < 1.29 is 14.0 Å². The van der Waals surface area contributed by atoms with Crippen molar-refractivity contribution in [3.63, 3.8) is 0 Å². The number of carbonyl (C=O) groups excluding carboxylic acids is 2. The van der Waals surface area contributed by atoms with E-state index in [4.69, 9.17) is 16.0 Å². The number of urea groups is 1. The van der Waals surface area contributed by atoms with Gasteiger partial charge in [-0.15, -0.1) is 0 Å². The number of carbonyl (C=O) groups is 2. The molecule has 0 atom stereocenters. The first-order valence-corrected chi connectivity index (χ1v) is 8.93. The summed E-state index contributed by atoms with van der Waals surface area (Å²) in [6.45, 7) is 7.39. The van der Waals surface area contributed by atoms with Gasteiger partial charge in [-0.1, -0.05) is 11.6 Å². The number of nitrogens with zero attached hydrogens (tertiary/aromatic N) is 3. The van der Waals surface area contributed by atoms with Gasteiger partial charge in [0.2, 0.25) is 0 Å². The second-order valence-electron chi connectivity index (χ2n) is 6.03. The fourth-order valence-electron chi connectivity index (χ4n) is 3.07. The number of halogens is 1. The minimum absolute atomic E-state index is 0.0375. The Morgan fingerprint density at radius 1 is 1.08 bits per heavy atom. The summed E-state index contributed by atoms with van der Waals surface area (Å²) in [5, 5.41) is 1.42. The minimum atomic E-state index is -0.151. The molecule has 2 aromatic rings. The fraction of sp³-hybridized carbons (Fsp3) is 0.444. The zero-order valence-electron chi connectivity index (χ0n) is 14.5. The van der Waals surface area contributed by atoms with E-state index < -0.39 is 0 Å². The Balaban J connectivity index is 1.65. The van der Waals surface area contributed by atoms with Gasteiger partial charge in [-0.25, -0.2) is 4.79 Å². The van der Waals surface area contributed by atoms with Crippen LogP contribution in [0.4, 0.5) is 4.79 Å². The number of amides is 3. The largest absolute Gasteiger partial charge is 0.451 e. The van der Waals surface area contributed by atoms with Gasteiger partial charge >= 0.3 is 6.03 Å². The predicted molar refractivity (Wildman–Crippen MR) is 97.0 cm³/mol. The maximum atomic E-state index is 12.7. The van der Waals surface area contributed by atoms with E-state index in [1.54, 1.807) is 39.0 Å². The van der Waals surface area contributed by atoms with E-state index in [1.165, 1.54) is 0 Å². The van der Waals surface area contributed by atoms with Crippen molar-refractivity contribution in [1.82, 2.24) is 14.7 Å². The lowest BCUT2D eigenvalue weighted by Crippen LogP contribution is -2.54. The lowest BCUT2D eigenvalue weighted by atomic mass is 10.2. The molecule has 25 heavy (non-hydrogen) atoms. The molecule has 1 fully saturated rings. The van der Waals surface area contributed by atoms with Crippen LogP contribution in [0, 0.1) is 0 Å². The monoisotopic (exact) mass is 363 g/mol. The van der Waals surface area contributed by atoms with Gasteiger partial charge in [0, 0.05) is 49.7 Å². The molecule has 134 valence electrons. The number of piperazine rings is 1. The molecule has 0 unspecified atom stereocenters. The summed E-state index contributed by atoms with van der Waals surface area (Å²) in [5.41, 5.74) is 0.642. The van der Waals surface area contributed by atoms with Crippen LogP contribution < -0.4 is 0 Å². The Hall–Kier alpha value is -2.21. The van der Waals surface area contributed by atoms with Crippen molar-refractivity contribution in [3.05, 3.63) is 35.0 Å². The van der Waals surface area contributed by atoms with Crippen LogP contribution in [0.2, 0.25) is 5.02 Å². The molecule has 0 N–H and O–H groups in total. The van der Waals surface area contributed by atoms with Crippen LogP contribution >= 0.6 is 11.6 Å². The summed E-state index contributed by atoms with van der Waals surface area (Å²) in [4.78, 5) is 30.4. The number of hydrogen-bond donors (Lipinski definition) is 0. The van der Waals surface area contributed by atoms with Crippen LogP contribution in [0.1, 0.15) is 24.4 Å². The molecule has 1 aliphatic rings. The highest BCUT2D eigenvalue weighted by atomic mass is 35.5. The first-order chi connectivity index (χ1) is 12.0. The highest BCUT2D eigenvalue weighted by Crippen LogP contribution is 2.24. The highest BCUT2D eigenvalue weighted by Gasteiger charge is 2.28. The summed E-state index contributed by atoms with van der Waals surface area (Å²) in [7, 11) is 0. The molecular formula is C18H22ClN3O3. The number of benzene rings is 1. The molecule has 1 saturated heterocycles. The van der Waals surface area contributed by atoms with Crippen LogP contribution in [-0.2, 0) is 0 Å². The molecule has 0 saturated carbocycles. The van der Waals surface area contributed by atoms with E-state index in [0.717, 1.165) is 5.39 Å². The zero-order chi connectivity index (χ0) is 18.0. The van der Waals surface area contributed by atoms with E-state index >= 15 is 0 Å². The van der Waals surface area contributed by atoms with E-state index in [9.17, 15) is 9.59 Å².